The first-order chi connectivity index (χ1) is 14.5. The molecule has 1 N–H and O–H groups in total. The minimum atomic E-state index is -0.594. The van der Waals surface area contributed by atoms with E-state index in [9.17, 15) is 14.9 Å². The second kappa shape index (κ2) is 7.80. The summed E-state index contributed by atoms with van der Waals surface area (Å²) >= 11 is 6.16. The molecule has 0 saturated heterocycles. The van der Waals surface area contributed by atoms with Crippen LogP contribution in [0.2, 0.25) is 5.02 Å². The normalized spacial score (nSPS) is 10.7. The number of hydrogen-bond donors (Lipinski definition) is 1. The van der Waals surface area contributed by atoms with E-state index >= 15 is 0 Å². The molecule has 0 saturated carbocycles. The van der Waals surface area contributed by atoms with E-state index in [1.54, 1.807) is 42.5 Å². The third kappa shape index (κ3) is 3.65. The van der Waals surface area contributed by atoms with Crippen LogP contribution in [0.25, 0.3) is 16.7 Å². The van der Waals surface area contributed by atoms with E-state index in [2.05, 4.69) is 15.5 Å². The van der Waals surface area contributed by atoms with Crippen molar-refractivity contribution in [3.05, 3.63) is 81.4 Å². The number of halogens is 1. The molecule has 0 aliphatic heterocycles. The van der Waals surface area contributed by atoms with Gasteiger partial charge < -0.3 is 10.1 Å². The standard InChI is InChI=1S/C20H14ClN5O4/c1-30-19-9-7-13(11-15(19)21)25-23-16-8-6-12(10-17(16)24-25)22-20(27)14-4-2-3-5-18(14)26(28)29/h2-11H,1H3,(H,22,27). The lowest BCUT2D eigenvalue weighted by Crippen LogP contribution is -2.13. The minimum absolute atomic E-state index is 0.0286. The predicted molar refractivity (Wildman–Crippen MR) is 111 cm³/mol. The summed E-state index contributed by atoms with van der Waals surface area (Å²) in [7, 11) is 1.53. The Labute approximate surface area is 175 Å². The largest absolute Gasteiger partial charge is 0.495 e. The van der Waals surface area contributed by atoms with Crippen LogP contribution in [0.3, 0.4) is 0 Å². The number of nitro groups is 1. The van der Waals surface area contributed by atoms with Crippen LogP contribution < -0.4 is 10.1 Å². The predicted octanol–water partition coefficient (Wildman–Crippen LogP) is 4.24. The summed E-state index contributed by atoms with van der Waals surface area (Å²) in [4.78, 5) is 24.5. The average molecular weight is 424 g/mol. The lowest BCUT2D eigenvalue weighted by Gasteiger charge is -2.05. The van der Waals surface area contributed by atoms with Crippen molar-refractivity contribution in [2.75, 3.05) is 12.4 Å². The van der Waals surface area contributed by atoms with E-state index in [0.717, 1.165) is 0 Å². The molecule has 30 heavy (non-hydrogen) atoms. The summed E-state index contributed by atoms with van der Waals surface area (Å²) < 4.78 is 5.14. The SMILES string of the molecule is COc1ccc(-n2nc3ccc(NC(=O)c4ccccc4[N+](=O)[O-])cc3n2)cc1Cl. The third-order valence-electron chi connectivity index (χ3n) is 4.35. The van der Waals surface area contributed by atoms with E-state index in [1.165, 1.54) is 30.1 Å². The first-order valence-electron chi connectivity index (χ1n) is 8.72. The topological polar surface area (TPSA) is 112 Å². The zero-order valence-electron chi connectivity index (χ0n) is 15.6. The molecular formula is C20H14ClN5O4. The number of nitrogens with one attached hydrogen (secondary N) is 1. The molecule has 1 aromatic heterocycles. The highest BCUT2D eigenvalue weighted by Crippen LogP contribution is 2.27. The van der Waals surface area contributed by atoms with E-state index in [0.29, 0.717) is 33.2 Å². The van der Waals surface area contributed by atoms with Crippen LogP contribution in [0, 0.1) is 10.1 Å². The van der Waals surface area contributed by atoms with Gasteiger partial charge in [-0.1, -0.05) is 23.7 Å². The Bertz CT molecular complexity index is 1290. The number of nitrogens with zero attached hydrogens (tertiary/aromatic N) is 4. The Kier molecular flexibility index (Phi) is 5.03. The molecular weight excluding hydrogens is 410 g/mol. The number of carbonyl (C=O) groups excluding carboxylic acids is 1. The highest BCUT2D eigenvalue weighted by molar-refractivity contribution is 6.32. The van der Waals surface area contributed by atoms with Gasteiger partial charge in [0.05, 0.1) is 22.7 Å². The van der Waals surface area contributed by atoms with E-state index in [-0.39, 0.29) is 11.3 Å². The van der Waals surface area contributed by atoms with Gasteiger partial charge in [-0.2, -0.15) is 4.80 Å². The van der Waals surface area contributed by atoms with Crippen molar-refractivity contribution in [2.45, 2.75) is 0 Å². The molecule has 4 rings (SSSR count). The number of benzene rings is 3. The van der Waals surface area contributed by atoms with Crippen LogP contribution in [0.4, 0.5) is 11.4 Å². The smallest absolute Gasteiger partial charge is 0.282 e. The Hall–Kier alpha value is -3.98. The van der Waals surface area contributed by atoms with Crippen molar-refractivity contribution < 1.29 is 14.5 Å². The molecule has 10 heteroatoms. The zero-order chi connectivity index (χ0) is 21.3. The maximum atomic E-state index is 12.5. The van der Waals surface area contributed by atoms with Crippen LogP contribution in [-0.4, -0.2) is 32.9 Å². The van der Waals surface area contributed by atoms with Gasteiger partial charge in [0.15, 0.2) is 0 Å². The summed E-state index contributed by atoms with van der Waals surface area (Å²) in [5.74, 6) is -0.0480. The summed E-state index contributed by atoms with van der Waals surface area (Å²) in [5, 5.41) is 23.0. The van der Waals surface area contributed by atoms with Crippen LogP contribution in [0.1, 0.15) is 10.4 Å². The minimum Gasteiger partial charge on any atom is -0.495 e. The number of carbonyl (C=O) groups is 1. The summed E-state index contributed by atoms with van der Waals surface area (Å²) in [5.41, 5.74) is 1.92. The maximum Gasteiger partial charge on any atom is 0.282 e. The molecule has 1 amide bonds. The lowest BCUT2D eigenvalue weighted by molar-refractivity contribution is -0.385. The Morgan fingerprint density at radius 3 is 2.60 bits per heavy atom. The number of amides is 1. The van der Waals surface area contributed by atoms with Gasteiger partial charge in [0.25, 0.3) is 11.6 Å². The molecule has 1 heterocycles. The second-order valence-electron chi connectivity index (χ2n) is 6.24. The van der Waals surface area contributed by atoms with Crippen LogP contribution >= 0.6 is 11.6 Å². The van der Waals surface area contributed by atoms with Crippen molar-refractivity contribution in [2.24, 2.45) is 0 Å². The van der Waals surface area contributed by atoms with Gasteiger partial charge in [0, 0.05) is 11.8 Å². The molecule has 150 valence electrons. The lowest BCUT2D eigenvalue weighted by atomic mass is 10.1. The zero-order valence-corrected chi connectivity index (χ0v) is 16.3. The highest BCUT2D eigenvalue weighted by atomic mass is 35.5. The number of nitro benzene ring substituents is 1. The third-order valence-corrected chi connectivity index (χ3v) is 4.65. The van der Waals surface area contributed by atoms with Crippen molar-refractivity contribution in [3.8, 4) is 11.4 Å². The number of aromatic nitrogens is 3. The number of anilines is 1. The first kappa shape index (κ1) is 19.3. The molecule has 0 fully saturated rings. The van der Waals surface area contributed by atoms with Crippen LogP contribution in [0.15, 0.2) is 60.7 Å². The van der Waals surface area contributed by atoms with Gasteiger partial charge in [-0.25, -0.2) is 0 Å². The van der Waals surface area contributed by atoms with Gasteiger partial charge in [-0.3, -0.25) is 14.9 Å². The number of rotatable bonds is 5. The van der Waals surface area contributed by atoms with Gasteiger partial charge in [-0.15, -0.1) is 10.2 Å². The summed E-state index contributed by atoms with van der Waals surface area (Å²) in [6.45, 7) is 0. The van der Waals surface area contributed by atoms with E-state index < -0.39 is 10.8 Å². The van der Waals surface area contributed by atoms with E-state index in [1.807, 2.05) is 0 Å². The molecule has 0 unspecified atom stereocenters. The molecule has 4 aromatic rings. The fourth-order valence-electron chi connectivity index (χ4n) is 2.91. The number of hydrogen-bond acceptors (Lipinski definition) is 6. The maximum absolute atomic E-state index is 12.5. The Morgan fingerprint density at radius 1 is 1.10 bits per heavy atom. The molecule has 0 bridgehead atoms. The number of methoxy groups -OCH3 is 1. The number of para-hydroxylation sites is 1. The quantitative estimate of drug-likeness (QED) is 0.379. The second-order valence-corrected chi connectivity index (χ2v) is 6.65. The molecule has 0 atom stereocenters. The molecule has 0 aliphatic rings. The molecule has 9 nitrogen and oxygen atoms in total. The van der Waals surface area contributed by atoms with Gasteiger partial charge >= 0.3 is 0 Å². The monoisotopic (exact) mass is 423 g/mol. The van der Waals surface area contributed by atoms with Gasteiger partial charge in [0.2, 0.25) is 0 Å². The highest BCUT2D eigenvalue weighted by Gasteiger charge is 2.19. The van der Waals surface area contributed by atoms with Crippen molar-refractivity contribution >= 4 is 39.9 Å². The van der Waals surface area contributed by atoms with Crippen molar-refractivity contribution in [1.29, 1.82) is 0 Å². The first-order valence-corrected chi connectivity index (χ1v) is 9.10. The van der Waals surface area contributed by atoms with Crippen molar-refractivity contribution in [3.63, 3.8) is 0 Å². The van der Waals surface area contributed by atoms with Gasteiger partial charge in [-0.05, 0) is 42.5 Å². The van der Waals surface area contributed by atoms with E-state index in [4.69, 9.17) is 16.3 Å². The fourth-order valence-corrected chi connectivity index (χ4v) is 3.16. The number of ether oxygens (including phenoxy) is 1. The number of fused-ring (bicyclic) bond motifs is 1. The molecule has 3 aromatic carbocycles. The van der Waals surface area contributed by atoms with Crippen LogP contribution in [0.5, 0.6) is 5.75 Å². The fraction of sp³-hybridized carbons (Fsp3) is 0.0500. The summed E-state index contributed by atoms with van der Waals surface area (Å²) in [6, 6.07) is 15.9. The Morgan fingerprint density at radius 2 is 1.87 bits per heavy atom. The molecule has 0 radical (unpaired) electrons. The molecule has 0 aliphatic carbocycles. The van der Waals surface area contributed by atoms with Crippen molar-refractivity contribution in [1.82, 2.24) is 15.0 Å². The van der Waals surface area contributed by atoms with Gasteiger partial charge in [0.1, 0.15) is 22.3 Å². The van der Waals surface area contributed by atoms with Crippen LogP contribution in [-0.2, 0) is 0 Å². The average Bonchev–Trinajstić information content (AvgIpc) is 3.17. The molecule has 0 spiro atoms. The summed E-state index contributed by atoms with van der Waals surface area (Å²) in [6.07, 6.45) is 0. The Balaban J connectivity index is 1.62.